The van der Waals surface area contributed by atoms with Crippen LogP contribution >= 0.6 is 11.6 Å². The van der Waals surface area contributed by atoms with Gasteiger partial charge in [-0.1, -0.05) is 55.1 Å². The monoisotopic (exact) mass is 533 g/mol. The van der Waals surface area contributed by atoms with Crippen LogP contribution < -0.4 is 31.4 Å². The molecule has 0 saturated heterocycles. The Morgan fingerprint density at radius 2 is 1.61 bits per heavy atom. The Morgan fingerprint density at radius 3 is 2.24 bits per heavy atom. The van der Waals surface area contributed by atoms with Gasteiger partial charge in [0.1, 0.15) is 25.1 Å². The standard InChI is InChI=1S/C28H28ClN5O4/c1-3-15-37-23-14-11-19(17-24(23)38-16-4-2)25(32-20-12-9-18(10-13-20)26(30)31)28(36)34-33-27(35)21-7-5-6-8-22(21)29/h3-14,17,25,32H,1-2,15-16H2,(H3,30,31)(H,33,35)(H,34,36). The highest BCUT2D eigenvalue weighted by molar-refractivity contribution is 6.33. The van der Waals surface area contributed by atoms with E-state index in [1.807, 2.05) is 0 Å². The molecule has 3 aromatic rings. The van der Waals surface area contributed by atoms with Gasteiger partial charge in [0.15, 0.2) is 11.5 Å². The number of anilines is 1. The zero-order valence-electron chi connectivity index (χ0n) is 20.5. The first-order chi connectivity index (χ1) is 18.3. The molecule has 0 radical (unpaired) electrons. The van der Waals surface area contributed by atoms with Crippen LogP contribution in [0.4, 0.5) is 5.69 Å². The molecule has 9 nitrogen and oxygen atoms in total. The molecule has 0 spiro atoms. The summed E-state index contributed by atoms with van der Waals surface area (Å²) in [6, 6.07) is 17.3. The summed E-state index contributed by atoms with van der Waals surface area (Å²) in [5.41, 5.74) is 12.2. The summed E-state index contributed by atoms with van der Waals surface area (Å²) in [6.07, 6.45) is 3.20. The van der Waals surface area contributed by atoms with Crippen LogP contribution in [0.1, 0.15) is 27.5 Å². The number of carbonyl (C=O) groups is 2. The van der Waals surface area contributed by atoms with E-state index in [2.05, 4.69) is 29.3 Å². The third-order valence-corrected chi connectivity index (χ3v) is 5.53. The van der Waals surface area contributed by atoms with Gasteiger partial charge in [0, 0.05) is 11.3 Å². The predicted molar refractivity (Wildman–Crippen MR) is 149 cm³/mol. The molecule has 0 fully saturated rings. The largest absolute Gasteiger partial charge is 0.486 e. The Morgan fingerprint density at radius 1 is 0.947 bits per heavy atom. The third kappa shape index (κ3) is 7.37. The van der Waals surface area contributed by atoms with Gasteiger partial charge in [-0.2, -0.15) is 0 Å². The molecule has 2 amide bonds. The summed E-state index contributed by atoms with van der Waals surface area (Å²) in [4.78, 5) is 25.9. The van der Waals surface area contributed by atoms with Crippen molar-refractivity contribution < 1.29 is 19.1 Å². The molecule has 38 heavy (non-hydrogen) atoms. The quantitative estimate of drug-likeness (QED) is 0.101. The van der Waals surface area contributed by atoms with Crippen LogP contribution in [0.25, 0.3) is 0 Å². The molecular weight excluding hydrogens is 506 g/mol. The number of hydrogen-bond acceptors (Lipinski definition) is 6. The molecule has 196 valence electrons. The van der Waals surface area contributed by atoms with Crippen LogP contribution in [-0.4, -0.2) is 30.9 Å². The van der Waals surface area contributed by atoms with Crippen LogP contribution in [0, 0.1) is 5.41 Å². The summed E-state index contributed by atoms with van der Waals surface area (Å²) < 4.78 is 11.4. The first-order valence-electron chi connectivity index (χ1n) is 11.5. The van der Waals surface area contributed by atoms with E-state index in [9.17, 15) is 9.59 Å². The van der Waals surface area contributed by atoms with E-state index in [0.717, 1.165) is 0 Å². The zero-order valence-corrected chi connectivity index (χ0v) is 21.3. The molecule has 6 N–H and O–H groups in total. The van der Waals surface area contributed by atoms with E-state index in [4.69, 9.17) is 32.2 Å². The molecule has 0 heterocycles. The van der Waals surface area contributed by atoms with Crippen LogP contribution in [-0.2, 0) is 4.79 Å². The average molecular weight is 534 g/mol. The lowest BCUT2D eigenvalue weighted by atomic mass is 10.0. The Bertz CT molecular complexity index is 1330. The van der Waals surface area contributed by atoms with Gasteiger partial charge in [0.2, 0.25) is 0 Å². The van der Waals surface area contributed by atoms with Gasteiger partial charge in [-0.15, -0.1) is 0 Å². The minimum atomic E-state index is -0.968. The Kier molecular flexibility index (Phi) is 9.90. The number of nitrogens with one attached hydrogen (secondary N) is 4. The minimum absolute atomic E-state index is 0.0766. The first-order valence-corrected chi connectivity index (χ1v) is 11.9. The highest BCUT2D eigenvalue weighted by Gasteiger charge is 2.24. The highest BCUT2D eigenvalue weighted by atomic mass is 35.5. The second kappa shape index (κ2) is 13.5. The van der Waals surface area contributed by atoms with Gasteiger partial charge in [-0.3, -0.25) is 25.8 Å². The molecule has 1 unspecified atom stereocenters. The minimum Gasteiger partial charge on any atom is -0.486 e. The van der Waals surface area contributed by atoms with Crippen molar-refractivity contribution in [2.24, 2.45) is 5.73 Å². The fourth-order valence-electron chi connectivity index (χ4n) is 3.35. The van der Waals surface area contributed by atoms with E-state index in [1.165, 1.54) is 0 Å². The third-order valence-electron chi connectivity index (χ3n) is 5.20. The van der Waals surface area contributed by atoms with Crippen molar-refractivity contribution in [3.05, 3.63) is 114 Å². The number of nitrogen functional groups attached to an aromatic ring is 1. The fraction of sp³-hybridized carbons (Fsp3) is 0.107. The van der Waals surface area contributed by atoms with E-state index >= 15 is 0 Å². The zero-order chi connectivity index (χ0) is 27.5. The SMILES string of the molecule is C=CCOc1ccc(C(Nc2ccc(C(=N)N)cc2)C(=O)NNC(=O)c2ccccc2Cl)cc1OCC=C. The van der Waals surface area contributed by atoms with Gasteiger partial charge in [-0.05, 0) is 54.1 Å². The van der Waals surface area contributed by atoms with E-state index in [1.54, 1.807) is 78.9 Å². The van der Waals surface area contributed by atoms with E-state index < -0.39 is 17.9 Å². The summed E-state index contributed by atoms with van der Waals surface area (Å²) in [6.45, 7) is 7.81. The predicted octanol–water partition coefficient (Wildman–Crippen LogP) is 4.37. The maximum atomic E-state index is 13.3. The van der Waals surface area contributed by atoms with E-state index in [-0.39, 0.29) is 29.6 Å². The number of ether oxygens (including phenoxy) is 2. The second-order valence-electron chi connectivity index (χ2n) is 7.90. The van der Waals surface area contributed by atoms with Crippen LogP contribution in [0.3, 0.4) is 0 Å². The first kappa shape index (κ1) is 27.8. The molecule has 1 atom stereocenters. The number of rotatable bonds is 12. The van der Waals surface area contributed by atoms with Crippen molar-refractivity contribution in [1.29, 1.82) is 5.41 Å². The van der Waals surface area contributed by atoms with Gasteiger partial charge in [-0.25, -0.2) is 0 Å². The lowest BCUT2D eigenvalue weighted by molar-refractivity contribution is -0.122. The molecule has 0 bridgehead atoms. The lowest BCUT2D eigenvalue weighted by Gasteiger charge is -2.22. The van der Waals surface area contributed by atoms with Crippen molar-refractivity contribution in [3.63, 3.8) is 0 Å². The highest BCUT2D eigenvalue weighted by Crippen LogP contribution is 2.32. The van der Waals surface area contributed by atoms with Crippen molar-refractivity contribution in [2.75, 3.05) is 18.5 Å². The lowest BCUT2D eigenvalue weighted by Crippen LogP contribution is -2.45. The number of hydrogen-bond donors (Lipinski definition) is 5. The fourth-order valence-corrected chi connectivity index (χ4v) is 3.57. The number of benzene rings is 3. The van der Waals surface area contributed by atoms with Crippen LogP contribution in [0.5, 0.6) is 11.5 Å². The van der Waals surface area contributed by atoms with Crippen LogP contribution in [0.15, 0.2) is 92.0 Å². The smallest absolute Gasteiger partial charge is 0.271 e. The molecular formula is C28H28ClN5O4. The van der Waals surface area contributed by atoms with Gasteiger partial charge < -0.3 is 20.5 Å². The molecule has 3 rings (SSSR count). The number of amides is 2. The second-order valence-corrected chi connectivity index (χ2v) is 8.30. The summed E-state index contributed by atoms with van der Waals surface area (Å²) in [7, 11) is 0. The van der Waals surface area contributed by atoms with Crippen molar-refractivity contribution in [3.8, 4) is 11.5 Å². The number of halogens is 1. The van der Waals surface area contributed by atoms with Crippen LogP contribution in [0.2, 0.25) is 5.02 Å². The van der Waals surface area contributed by atoms with E-state index in [0.29, 0.717) is 28.3 Å². The topological polar surface area (TPSA) is 139 Å². The maximum Gasteiger partial charge on any atom is 0.271 e. The average Bonchev–Trinajstić information content (AvgIpc) is 2.93. The van der Waals surface area contributed by atoms with Gasteiger partial charge >= 0.3 is 0 Å². The van der Waals surface area contributed by atoms with Gasteiger partial charge in [0.05, 0.1) is 10.6 Å². The Labute approximate surface area is 225 Å². The van der Waals surface area contributed by atoms with Crippen molar-refractivity contribution in [1.82, 2.24) is 10.9 Å². The summed E-state index contributed by atoms with van der Waals surface area (Å²) in [5, 5.41) is 11.0. The summed E-state index contributed by atoms with van der Waals surface area (Å²) in [5.74, 6) is -0.345. The molecule has 3 aromatic carbocycles. The normalized spacial score (nSPS) is 11.0. The molecule has 0 saturated carbocycles. The number of hydrazine groups is 1. The maximum absolute atomic E-state index is 13.3. The molecule has 0 aliphatic rings. The molecule has 0 aromatic heterocycles. The number of amidine groups is 1. The molecule has 0 aliphatic heterocycles. The molecule has 0 aliphatic carbocycles. The Hall–Kier alpha value is -4.76. The van der Waals surface area contributed by atoms with Crippen molar-refractivity contribution in [2.45, 2.75) is 6.04 Å². The van der Waals surface area contributed by atoms with Crippen molar-refractivity contribution >= 4 is 34.9 Å². The summed E-state index contributed by atoms with van der Waals surface area (Å²) >= 11 is 6.10. The number of nitrogens with two attached hydrogens (primary N) is 1. The Balaban J connectivity index is 1.90. The van der Waals surface area contributed by atoms with Gasteiger partial charge in [0.25, 0.3) is 11.8 Å². The molecule has 10 heteroatoms. The number of carbonyl (C=O) groups excluding carboxylic acids is 2.